The topological polar surface area (TPSA) is 91.7 Å². The Morgan fingerprint density at radius 3 is 2.51 bits per heavy atom. The van der Waals surface area contributed by atoms with Crippen molar-refractivity contribution in [2.75, 3.05) is 48.7 Å². The lowest BCUT2D eigenvalue weighted by Gasteiger charge is -2.28. The zero-order valence-electron chi connectivity index (χ0n) is 22.6. The van der Waals surface area contributed by atoms with Crippen LogP contribution in [-0.4, -0.2) is 67.1 Å². The Hall–Kier alpha value is -2.99. The van der Waals surface area contributed by atoms with E-state index in [1.54, 1.807) is 18.3 Å². The first-order chi connectivity index (χ1) is 18.7. The molecular weight excluding hydrogens is 532 g/mol. The minimum atomic E-state index is -3.36. The highest BCUT2D eigenvalue weighted by Gasteiger charge is 2.42. The van der Waals surface area contributed by atoms with Gasteiger partial charge in [0.2, 0.25) is 10.0 Å². The Morgan fingerprint density at radius 2 is 1.85 bits per heavy atom. The van der Waals surface area contributed by atoms with E-state index >= 15 is 0 Å². The van der Waals surface area contributed by atoms with Gasteiger partial charge in [-0.3, -0.25) is 14.6 Å². The number of anilines is 2. The fourth-order valence-corrected chi connectivity index (χ4v) is 6.51. The summed E-state index contributed by atoms with van der Waals surface area (Å²) in [7, 11) is -3.36. The smallest absolute Gasteiger partial charge is 0.229 e. The van der Waals surface area contributed by atoms with Gasteiger partial charge in [-0.15, -0.1) is 0 Å². The third-order valence-electron chi connectivity index (χ3n) is 7.44. The zero-order valence-corrected chi connectivity index (χ0v) is 24.3. The molecule has 2 aliphatic rings. The van der Waals surface area contributed by atoms with E-state index < -0.39 is 10.0 Å². The third kappa shape index (κ3) is 6.27. The van der Waals surface area contributed by atoms with Crippen LogP contribution in [0.4, 0.5) is 11.4 Å². The summed E-state index contributed by atoms with van der Waals surface area (Å²) in [6, 6.07) is 15.3. The van der Waals surface area contributed by atoms with Crippen LogP contribution in [0.15, 0.2) is 54.7 Å². The van der Waals surface area contributed by atoms with Crippen molar-refractivity contribution in [3.05, 3.63) is 77.4 Å². The third-order valence-corrected chi connectivity index (χ3v) is 8.36. The summed E-state index contributed by atoms with van der Waals surface area (Å²) >= 11 is 5.88. The van der Waals surface area contributed by atoms with Crippen molar-refractivity contribution >= 4 is 38.7 Å². The van der Waals surface area contributed by atoms with Crippen molar-refractivity contribution < 1.29 is 13.2 Å². The number of benzene rings is 1. The van der Waals surface area contributed by atoms with Crippen molar-refractivity contribution in [2.45, 2.75) is 38.9 Å². The summed E-state index contributed by atoms with van der Waals surface area (Å²) in [5.41, 5.74) is 5.93. The van der Waals surface area contributed by atoms with Gasteiger partial charge in [0.15, 0.2) is 5.11 Å². The maximum absolute atomic E-state index is 11.7. The van der Waals surface area contributed by atoms with Gasteiger partial charge in [-0.25, -0.2) is 8.42 Å². The highest BCUT2D eigenvalue weighted by Crippen LogP contribution is 2.43. The number of aromatic nitrogens is 2. The number of hydrogen-bond donors (Lipinski definition) is 2. The van der Waals surface area contributed by atoms with Crippen molar-refractivity contribution in [1.29, 1.82) is 0 Å². The number of ether oxygens (including phenoxy) is 1. The van der Waals surface area contributed by atoms with Crippen LogP contribution in [0.5, 0.6) is 0 Å². The van der Waals surface area contributed by atoms with Crippen LogP contribution in [0.2, 0.25) is 0 Å². The number of sulfonamides is 1. The quantitative estimate of drug-likeness (QED) is 0.377. The molecule has 0 spiro atoms. The molecule has 2 atom stereocenters. The molecule has 2 saturated heterocycles. The van der Waals surface area contributed by atoms with Crippen LogP contribution in [-0.2, 0) is 21.3 Å². The van der Waals surface area contributed by atoms with Crippen molar-refractivity contribution in [3.8, 4) is 0 Å². The van der Waals surface area contributed by atoms with E-state index in [0.717, 1.165) is 63.5 Å². The number of pyridine rings is 1. The fourth-order valence-electron chi connectivity index (χ4n) is 5.60. The standard InChI is InChI=1S/C28H36N6O3S2/c1-20-19-24(21(2)33(20)14-6-13-32-15-17-37-18-16-32)27-26(25-7-4-5-12-29-25)30-28(38)34(27)23-10-8-22(9-11-23)31-39(3,35)36/h4-5,7-12,19,26-27,31H,6,13-18H2,1-3H3,(H,30,38)/t26-,27-/m0/s1. The second-order valence-electron chi connectivity index (χ2n) is 10.2. The molecule has 2 N–H and O–H groups in total. The Morgan fingerprint density at radius 1 is 1.10 bits per heavy atom. The molecule has 0 saturated carbocycles. The molecule has 11 heteroatoms. The molecule has 39 heavy (non-hydrogen) atoms. The lowest BCUT2D eigenvalue weighted by Crippen LogP contribution is -2.37. The minimum absolute atomic E-state index is 0.125. The van der Waals surface area contributed by atoms with Crippen LogP contribution in [0.1, 0.15) is 41.1 Å². The van der Waals surface area contributed by atoms with Gasteiger partial charge in [0.05, 0.1) is 37.2 Å². The Kier molecular flexibility index (Phi) is 8.22. The van der Waals surface area contributed by atoms with E-state index in [2.05, 4.69) is 49.3 Å². The molecule has 3 aromatic rings. The van der Waals surface area contributed by atoms with Gasteiger partial charge >= 0.3 is 0 Å². The molecule has 0 unspecified atom stereocenters. The van der Waals surface area contributed by atoms with E-state index in [1.165, 1.54) is 17.0 Å². The van der Waals surface area contributed by atoms with Gasteiger partial charge in [0, 0.05) is 55.1 Å². The molecule has 1 aromatic carbocycles. The number of morpholine rings is 1. The predicted molar refractivity (Wildman–Crippen MR) is 159 cm³/mol. The van der Waals surface area contributed by atoms with Crippen molar-refractivity contribution in [1.82, 2.24) is 19.8 Å². The van der Waals surface area contributed by atoms with E-state index in [1.807, 2.05) is 30.3 Å². The second-order valence-corrected chi connectivity index (χ2v) is 12.3. The summed E-state index contributed by atoms with van der Waals surface area (Å²) in [4.78, 5) is 9.26. The van der Waals surface area contributed by atoms with Gasteiger partial charge < -0.3 is 19.5 Å². The summed E-state index contributed by atoms with van der Waals surface area (Å²) in [5, 5.41) is 4.13. The van der Waals surface area contributed by atoms with Crippen LogP contribution < -0.4 is 14.9 Å². The average molecular weight is 569 g/mol. The van der Waals surface area contributed by atoms with Gasteiger partial charge in [0.25, 0.3) is 0 Å². The lowest BCUT2D eigenvalue weighted by atomic mass is 9.96. The van der Waals surface area contributed by atoms with Crippen LogP contribution >= 0.6 is 12.2 Å². The van der Waals surface area contributed by atoms with Crippen LogP contribution in [0.25, 0.3) is 0 Å². The number of hydrogen-bond acceptors (Lipinski definition) is 6. The molecule has 0 aliphatic carbocycles. The summed E-state index contributed by atoms with van der Waals surface area (Å²) in [6.07, 6.45) is 4.02. The predicted octanol–water partition coefficient (Wildman–Crippen LogP) is 3.77. The summed E-state index contributed by atoms with van der Waals surface area (Å²) in [6.45, 7) is 9.98. The Balaban J connectivity index is 1.46. The molecule has 4 heterocycles. The largest absolute Gasteiger partial charge is 0.379 e. The van der Waals surface area contributed by atoms with Gasteiger partial charge in [0.1, 0.15) is 0 Å². The fraction of sp³-hybridized carbons (Fsp3) is 0.429. The van der Waals surface area contributed by atoms with Crippen molar-refractivity contribution in [2.24, 2.45) is 0 Å². The molecule has 208 valence electrons. The lowest BCUT2D eigenvalue weighted by molar-refractivity contribution is 0.0369. The van der Waals surface area contributed by atoms with E-state index in [9.17, 15) is 8.42 Å². The second kappa shape index (κ2) is 11.6. The first-order valence-corrected chi connectivity index (χ1v) is 15.6. The molecule has 2 aromatic heterocycles. The number of aryl methyl sites for hydroxylation is 1. The minimum Gasteiger partial charge on any atom is -0.379 e. The number of nitrogens with one attached hydrogen (secondary N) is 2. The van der Waals surface area contributed by atoms with Crippen molar-refractivity contribution in [3.63, 3.8) is 0 Å². The molecule has 0 amide bonds. The van der Waals surface area contributed by atoms with E-state index in [-0.39, 0.29) is 12.1 Å². The first kappa shape index (κ1) is 27.6. The van der Waals surface area contributed by atoms with E-state index in [0.29, 0.717) is 10.8 Å². The first-order valence-electron chi connectivity index (χ1n) is 13.3. The molecule has 2 aliphatic heterocycles. The highest BCUT2D eigenvalue weighted by molar-refractivity contribution is 7.92. The van der Waals surface area contributed by atoms with Crippen LogP contribution in [0.3, 0.4) is 0 Å². The van der Waals surface area contributed by atoms with Gasteiger partial charge in [-0.2, -0.15) is 0 Å². The number of rotatable bonds is 9. The molecule has 0 bridgehead atoms. The summed E-state index contributed by atoms with van der Waals surface area (Å²) in [5.74, 6) is 0. The maximum Gasteiger partial charge on any atom is 0.229 e. The number of nitrogens with zero attached hydrogens (tertiary/aromatic N) is 4. The monoisotopic (exact) mass is 568 g/mol. The number of thiocarbonyl (C=S) groups is 1. The van der Waals surface area contributed by atoms with E-state index in [4.69, 9.17) is 17.0 Å². The molecule has 5 rings (SSSR count). The maximum atomic E-state index is 11.7. The van der Waals surface area contributed by atoms with Gasteiger partial charge in [-0.05, 0) is 80.5 Å². The van der Waals surface area contributed by atoms with Gasteiger partial charge in [-0.1, -0.05) is 6.07 Å². The molecule has 9 nitrogen and oxygen atoms in total. The normalized spacial score (nSPS) is 20.3. The SMILES string of the molecule is Cc1cc([C@H]2[C@H](c3ccccn3)NC(=S)N2c2ccc(NS(C)(=O)=O)cc2)c(C)n1CCCN1CCOCC1. The average Bonchev–Trinajstić information content (AvgIpc) is 3.40. The molecular formula is C28H36N6O3S2. The van der Waals surface area contributed by atoms with Crippen LogP contribution in [0, 0.1) is 13.8 Å². The zero-order chi connectivity index (χ0) is 27.6. The highest BCUT2D eigenvalue weighted by atomic mass is 32.2. The Bertz CT molecular complexity index is 1400. The molecule has 2 fully saturated rings. The Labute approximate surface area is 236 Å². The summed E-state index contributed by atoms with van der Waals surface area (Å²) < 4.78 is 33.8. The molecule has 0 radical (unpaired) electrons.